The van der Waals surface area contributed by atoms with Gasteiger partial charge >= 0.3 is 0 Å². The van der Waals surface area contributed by atoms with E-state index in [4.69, 9.17) is 0 Å². The third kappa shape index (κ3) is 6.67. The standard InChI is InChI=1S/C11H13FN2O.C5H10O2/c12-10-3-1-9(2-4-10)11(15)14-7-5-13-6-8-14;1-5(2,3)7-4-6/h1-4,13H,5-8H2;4H,1-3H3. The molecule has 1 aliphatic rings. The molecule has 5 nitrogen and oxygen atoms in total. The summed E-state index contributed by atoms with van der Waals surface area (Å²) in [6, 6.07) is 5.68. The molecule has 0 unspecified atom stereocenters. The molecule has 1 heterocycles. The highest BCUT2D eigenvalue weighted by molar-refractivity contribution is 5.94. The van der Waals surface area contributed by atoms with E-state index in [9.17, 15) is 14.0 Å². The SMILES string of the molecule is CC(C)(C)OC=O.O=C(c1ccc(F)cc1)N1CCNCC1. The van der Waals surface area contributed by atoms with Crippen molar-refractivity contribution in [2.24, 2.45) is 0 Å². The number of ether oxygens (including phenoxy) is 1. The second-order valence-electron chi connectivity index (χ2n) is 5.88. The van der Waals surface area contributed by atoms with Crippen molar-refractivity contribution in [3.8, 4) is 0 Å². The predicted octanol–water partition coefficient (Wildman–Crippen LogP) is 1.83. The molecule has 1 amide bonds. The summed E-state index contributed by atoms with van der Waals surface area (Å²) in [4.78, 5) is 23.3. The van der Waals surface area contributed by atoms with E-state index in [1.165, 1.54) is 24.3 Å². The van der Waals surface area contributed by atoms with Gasteiger partial charge < -0.3 is 15.0 Å². The van der Waals surface area contributed by atoms with E-state index in [1.807, 2.05) is 20.8 Å². The van der Waals surface area contributed by atoms with Crippen LogP contribution < -0.4 is 5.32 Å². The van der Waals surface area contributed by atoms with E-state index in [-0.39, 0.29) is 17.3 Å². The van der Waals surface area contributed by atoms with Gasteiger partial charge in [0.2, 0.25) is 0 Å². The first-order valence-electron chi connectivity index (χ1n) is 7.20. The smallest absolute Gasteiger partial charge is 0.293 e. The van der Waals surface area contributed by atoms with Gasteiger partial charge in [0.25, 0.3) is 12.4 Å². The molecule has 0 saturated carbocycles. The molecule has 0 aromatic heterocycles. The first kappa shape index (κ1) is 18.1. The molecule has 0 bridgehead atoms. The summed E-state index contributed by atoms with van der Waals surface area (Å²) in [6.45, 7) is 9.01. The van der Waals surface area contributed by atoms with E-state index in [0.29, 0.717) is 12.0 Å². The number of benzene rings is 1. The summed E-state index contributed by atoms with van der Waals surface area (Å²) in [6.07, 6.45) is 0. The minimum Gasteiger partial charge on any atom is -0.462 e. The Bertz CT molecular complexity index is 477. The first-order valence-corrected chi connectivity index (χ1v) is 7.20. The topological polar surface area (TPSA) is 58.6 Å². The van der Waals surface area contributed by atoms with E-state index in [2.05, 4.69) is 10.1 Å². The molecule has 1 saturated heterocycles. The minimum absolute atomic E-state index is 0.0171. The number of halogens is 1. The van der Waals surface area contributed by atoms with Crippen molar-refractivity contribution >= 4 is 12.4 Å². The number of hydrogen-bond donors (Lipinski definition) is 1. The second-order valence-corrected chi connectivity index (χ2v) is 5.88. The molecular formula is C16H23FN2O3. The van der Waals surface area contributed by atoms with Crippen molar-refractivity contribution in [1.29, 1.82) is 0 Å². The Morgan fingerprint density at radius 1 is 1.23 bits per heavy atom. The Kier molecular flexibility index (Phi) is 6.98. The van der Waals surface area contributed by atoms with Crippen LogP contribution in [-0.2, 0) is 9.53 Å². The summed E-state index contributed by atoms with van der Waals surface area (Å²) in [7, 11) is 0. The fourth-order valence-corrected chi connectivity index (χ4v) is 1.79. The zero-order valence-corrected chi connectivity index (χ0v) is 13.3. The lowest BCUT2D eigenvalue weighted by Crippen LogP contribution is -2.46. The van der Waals surface area contributed by atoms with Crippen molar-refractivity contribution in [2.45, 2.75) is 26.4 Å². The molecule has 0 atom stereocenters. The minimum atomic E-state index is -0.318. The van der Waals surface area contributed by atoms with Crippen molar-refractivity contribution < 1.29 is 18.7 Å². The van der Waals surface area contributed by atoms with Gasteiger partial charge in [0, 0.05) is 31.7 Å². The molecule has 1 aliphatic heterocycles. The molecule has 6 heteroatoms. The molecular weight excluding hydrogens is 287 g/mol. The predicted molar refractivity (Wildman–Crippen MR) is 82.1 cm³/mol. The Balaban J connectivity index is 0.000000295. The van der Waals surface area contributed by atoms with E-state index in [0.717, 1.165) is 26.2 Å². The fraction of sp³-hybridized carbons (Fsp3) is 0.500. The molecule has 1 fully saturated rings. The maximum absolute atomic E-state index is 12.7. The maximum Gasteiger partial charge on any atom is 0.293 e. The maximum atomic E-state index is 12.7. The lowest BCUT2D eigenvalue weighted by molar-refractivity contribution is -0.138. The number of amides is 1. The zero-order valence-electron chi connectivity index (χ0n) is 13.3. The number of nitrogens with one attached hydrogen (secondary N) is 1. The lowest BCUT2D eigenvalue weighted by atomic mass is 10.2. The van der Waals surface area contributed by atoms with Crippen molar-refractivity contribution in [3.63, 3.8) is 0 Å². The Hall–Kier alpha value is -1.95. The average Bonchev–Trinajstić information content (AvgIpc) is 2.48. The van der Waals surface area contributed by atoms with Gasteiger partial charge in [-0.2, -0.15) is 0 Å². The highest BCUT2D eigenvalue weighted by Gasteiger charge is 2.17. The molecule has 1 N–H and O–H groups in total. The van der Waals surface area contributed by atoms with Crippen LogP contribution in [0.25, 0.3) is 0 Å². The van der Waals surface area contributed by atoms with Gasteiger partial charge in [0.15, 0.2) is 0 Å². The van der Waals surface area contributed by atoms with E-state index >= 15 is 0 Å². The van der Waals surface area contributed by atoms with Crippen LogP contribution in [0.3, 0.4) is 0 Å². The fourth-order valence-electron chi connectivity index (χ4n) is 1.79. The number of piperazine rings is 1. The highest BCUT2D eigenvalue weighted by Crippen LogP contribution is 2.07. The first-order chi connectivity index (χ1) is 10.3. The molecule has 0 spiro atoms. The van der Waals surface area contributed by atoms with Crippen LogP contribution in [-0.4, -0.2) is 49.1 Å². The molecule has 0 radical (unpaired) electrons. The molecule has 122 valence electrons. The van der Waals surface area contributed by atoms with Gasteiger partial charge in [0.05, 0.1) is 0 Å². The van der Waals surface area contributed by atoms with Crippen molar-refractivity contribution in [2.75, 3.05) is 26.2 Å². The van der Waals surface area contributed by atoms with Gasteiger partial charge in [-0.15, -0.1) is 0 Å². The second kappa shape index (κ2) is 8.48. The van der Waals surface area contributed by atoms with Crippen LogP contribution >= 0.6 is 0 Å². The molecule has 1 aromatic carbocycles. The molecule has 2 rings (SSSR count). The lowest BCUT2D eigenvalue weighted by Gasteiger charge is -2.27. The monoisotopic (exact) mass is 310 g/mol. The van der Waals surface area contributed by atoms with Crippen molar-refractivity contribution in [1.82, 2.24) is 10.2 Å². The number of rotatable bonds is 2. The Morgan fingerprint density at radius 2 is 1.77 bits per heavy atom. The van der Waals surface area contributed by atoms with Gasteiger partial charge in [-0.25, -0.2) is 4.39 Å². The summed E-state index contributed by atoms with van der Waals surface area (Å²) >= 11 is 0. The number of hydrogen-bond acceptors (Lipinski definition) is 4. The van der Waals surface area contributed by atoms with Crippen LogP contribution in [0.4, 0.5) is 4.39 Å². The Morgan fingerprint density at radius 3 is 2.18 bits per heavy atom. The van der Waals surface area contributed by atoms with Crippen LogP contribution in [0.5, 0.6) is 0 Å². The van der Waals surface area contributed by atoms with E-state index < -0.39 is 0 Å². The summed E-state index contributed by atoms with van der Waals surface area (Å²) in [5.74, 6) is -0.330. The van der Waals surface area contributed by atoms with Crippen molar-refractivity contribution in [3.05, 3.63) is 35.6 Å². The normalized spacial score (nSPS) is 14.6. The quantitative estimate of drug-likeness (QED) is 0.847. The number of carbonyl (C=O) groups excluding carboxylic acids is 2. The molecule has 22 heavy (non-hydrogen) atoms. The third-order valence-corrected chi connectivity index (χ3v) is 2.90. The number of carbonyl (C=O) groups is 2. The number of nitrogens with zero attached hydrogens (tertiary/aromatic N) is 1. The van der Waals surface area contributed by atoms with Gasteiger partial charge in [-0.1, -0.05) is 0 Å². The summed E-state index contributed by atoms with van der Waals surface area (Å²) in [5.41, 5.74) is 0.236. The van der Waals surface area contributed by atoms with Crippen LogP contribution in [0.2, 0.25) is 0 Å². The molecule has 0 aliphatic carbocycles. The van der Waals surface area contributed by atoms with Crippen LogP contribution in [0.15, 0.2) is 24.3 Å². The highest BCUT2D eigenvalue weighted by atomic mass is 19.1. The van der Waals surface area contributed by atoms with E-state index in [1.54, 1.807) is 4.90 Å². The third-order valence-electron chi connectivity index (χ3n) is 2.90. The summed E-state index contributed by atoms with van der Waals surface area (Å²) in [5, 5.41) is 3.18. The zero-order chi connectivity index (χ0) is 16.6. The largest absolute Gasteiger partial charge is 0.462 e. The average molecular weight is 310 g/mol. The van der Waals surface area contributed by atoms with Gasteiger partial charge in [-0.3, -0.25) is 9.59 Å². The molecule has 1 aromatic rings. The van der Waals surface area contributed by atoms with Crippen LogP contribution in [0, 0.1) is 5.82 Å². The van der Waals surface area contributed by atoms with Gasteiger partial charge in [-0.05, 0) is 45.0 Å². The summed E-state index contributed by atoms with van der Waals surface area (Å²) < 4.78 is 17.2. The van der Waals surface area contributed by atoms with Gasteiger partial charge in [0.1, 0.15) is 11.4 Å². The van der Waals surface area contributed by atoms with Crippen LogP contribution in [0.1, 0.15) is 31.1 Å². The Labute approximate surface area is 130 Å².